The number of nitrogens with zero attached hydrogens (tertiary/aromatic N) is 2. The smallest absolute Gasteiger partial charge is 0.288 e. The molecule has 7 heteroatoms. The topological polar surface area (TPSA) is 89.5 Å². The Morgan fingerprint density at radius 1 is 1.58 bits per heavy atom. The van der Waals surface area contributed by atoms with E-state index in [0.717, 1.165) is 0 Å². The molecule has 2 N–H and O–H groups in total. The number of rotatable bonds is 3. The maximum Gasteiger partial charge on any atom is 0.288 e. The molecule has 1 unspecified atom stereocenters. The Balaban J connectivity index is 2.39. The summed E-state index contributed by atoms with van der Waals surface area (Å²) in [5.74, 6) is 0.101. The van der Waals surface area contributed by atoms with Gasteiger partial charge < -0.3 is 10.6 Å². The van der Waals surface area contributed by atoms with E-state index in [1.165, 1.54) is 12.1 Å². The number of hydrogen-bond acceptors (Lipinski definition) is 4. The van der Waals surface area contributed by atoms with Crippen LogP contribution in [0.25, 0.3) is 0 Å². The maximum atomic E-state index is 11.9. The van der Waals surface area contributed by atoms with E-state index < -0.39 is 4.92 Å². The second kappa shape index (κ2) is 5.14. The molecule has 2 rings (SSSR count). The third-order valence-corrected chi connectivity index (χ3v) is 3.59. The van der Waals surface area contributed by atoms with Crippen molar-refractivity contribution in [1.29, 1.82) is 0 Å². The summed E-state index contributed by atoms with van der Waals surface area (Å²) in [6, 6.07) is 2.87. The van der Waals surface area contributed by atoms with Crippen LogP contribution in [0.4, 0.5) is 11.4 Å². The van der Waals surface area contributed by atoms with E-state index in [1.54, 1.807) is 11.8 Å². The van der Waals surface area contributed by atoms with Gasteiger partial charge in [-0.1, -0.05) is 11.6 Å². The number of aryl methyl sites for hydroxylation is 1. The van der Waals surface area contributed by atoms with Crippen molar-refractivity contribution in [2.45, 2.75) is 13.3 Å². The molecule has 102 valence electrons. The van der Waals surface area contributed by atoms with Crippen LogP contribution in [0.2, 0.25) is 5.02 Å². The van der Waals surface area contributed by atoms with Crippen LogP contribution in [0, 0.1) is 23.0 Å². The largest absolute Gasteiger partial charge is 0.330 e. The molecule has 1 amide bonds. The molecule has 1 aliphatic rings. The van der Waals surface area contributed by atoms with Crippen LogP contribution in [-0.2, 0) is 4.79 Å². The molecule has 6 nitrogen and oxygen atoms in total. The zero-order valence-electron chi connectivity index (χ0n) is 10.4. The van der Waals surface area contributed by atoms with Crippen molar-refractivity contribution in [2.24, 2.45) is 11.7 Å². The van der Waals surface area contributed by atoms with E-state index in [9.17, 15) is 14.9 Å². The molecule has 0 spiro atoms. The molecular formula is C12H14ClN3O3. The van der Waals surface area contributed by atoms with Crippen LogP contribution < -0.4 is 10.6 Å². The fourth-order valence-electron chi connectivity index (χ4n) is 2.26. The van der Waals surface area contributed by atoms with Crippen molar-refractivity contribution in [3.63, 3.8) is 0 Å². The van der Waals surface area contributed by atoms with E-state index in [1.807, 2.05) is 0 Å². The lowest BCUT2D eigenvalue weighted by Gasteiger charge is -2.19. The highest BCUT2D eigenvalue weighted by Crippen LogP contribution is 2.35. The average molecular weight is 284 g/mol. The normalized spacial score (nSPS) is 19.0. The van der Waals surface area contributed by atoms with Crippen LogP contribution in [0.3, 0.4) is 0 Å². The second-order valence-electron chi connectivity index (χ2n) is 4.66. The third-order valence-electron chi connectivity index (χ3n) is 3.29. The van der Waals surface area contributed by atoms with E-state index in [0.29, 0.717) is 30.8 Å². The number of carbonyl (C=O) groups excluding carboxylic acids is 1. The summed E-state index contributed by atoms with van der Waals surface area (Å²) in [5.41, 5.74) is 6.70. The van der Waals surface area contributed by atoms with Gasteiger partial charge in [0.2, 0.25) is 5.91 Å². The summed E-state index contributed by atoms with van der Waals surface area (Å²) in [6.45, 7) is 2.70. The van der Waals surface area contributed by atoms with Crippen molar-refractivity contribution >= 4 is 28.9 Å². The molecule has 0 saturated carbocycles. The fourth-order valence-corrected chi connectivity index (χ4v) is 2.49. The number of amides is 1. The molecule has 1 atom stereocenters. The molecule has 1 aromatic carbocycles. The molecule has 1 aliphatic heterocycles. The first-order valence-electron chi connectivity index (χ1n) is 5.89. The van der Waals surface area contributed by atoms with E-state index >= 15 is 0 Å². The number of nitro groups is 1. The zero-order chi connectivity index (χ0) is 14.2. The number of hydrogen-bond donors (Lipinski definition) is 1. The molecule has 1 heterocycles. The summed E-state index contributed by atoms with van der Waals surface area (Å²) in [5, 5.41) is 10.8. The van der Waals surface area contributed by atoms with Gasteiger partial charge in [-0.25, -0.2) is 0 Å². The average Bonchev–Trinajstić information content (AvgIpc) is 2.72. The Hall–Kier alpha value is -1.66. The summed E-state index contributed by atoms with van der Waals surface area (Å²) in [6.07, 6.45) is 0.407. The summed E-state index contributed by atoms with van der Waals surface area (Å²) in [7, 11) is 0. The fraction of sp³-hybridized carbons (Fsp3) is 0.417. The minimum Gasteiger partial charge on any atom is -0.330 e. The van der Waals surface area contributed by atoms with Gasteiger partial charge in [-0.15, -0.1) is 0 Å². The Morgan fingerprint density at radius 3 is 2.79 bits per heavy atom. The Kier molecular flexibility index (Phi) is 3.73. The van der Waals surface area contributed by atoms with Gasteiger partial charge in [-0.2, -0.15) is 0 Å². The number of nitrogens with two attached hydrogens (primary N) is 1. The Labute approximate surface area is 115 Å². The highest BCUT2D eigenvalue weighted by molar-refractivity contribution is 6.33. The lowest BCUT2D eigenvalue weighted by atomic mass is 10.1. The molecule has 0 radical (unpaired) electrons. The molecule has 0 aliphatic carbocycles. The van der Waals surface area contributed by atoms with E-state index in [2.05, 4.69) is 0 Å². The number of halogens is 1. The van der Waals surface area contributed by atoms with Crippen molar-refractivity contribution in [2.75, 3.05) is 18.0 Å². The highest BCUT2D eigenvalue weighted by Gasteiger charge is 2.31. The van der Waals surface area contributed by atoms with Crippen LogP contribution in [0.15, 0.2) is 12.1 Å². The van der Waals surface area contributed by atoms with Crippen LogP contribution in [0.5, 0.6) is 0 Å². The summed E-state index contributed by atoms with van der Waals surface area (Å²) in [4.78, 5) is 23.8. The molecule has 1 fully saturated rings. The number of nitro benzene ring substituents is 1. The van der Waals surface area contributed by atoms with Gasteiger partial charge in [-0.05, 0) is 31.0 Å². The number of carbonyl (C=O) groups is 1. The molecule has 19 heavy (non-hydrogen) atoms. The zero-order valence-corrected chi connectivity index (χ0v) is 11.2. The van der Waals surface area contributed by atoms with Crippen molar-refractivity contribution < 1.29 is 9.72 Å². The molecule has 0 bridgehead atoms. The van der Waals surface area contributed by atoms with Gasteiger partial charge in [-0.3, -0.25) is 14.9 Å². The molecule has 0 aromatic heterocycles. The number of benzene rings is 1. The first-order chi connectivity index (χ1) is 8.93. The van der Waals surface area contributed by atoms with Crippen LogP contribution >= 0.6 is 11.6 Å². The summed E-state index contributed by atoms with van der Waals surface area (Å²) < 4.78 is 0. The lowest BCUT2D eigenvalue weighted by molar-refractivity contribution is -0.384. The predicted molar refractivity (Wildman–Crippen MR) is 72.4 cm³/mol. The Morgan fingerprint density at radius 2 is 2.26 bits per heavy atom. The van der Waals surface area contributed by atoms with Gasteiger partial charge in [0.25, 0.3) is 5.69 Å². The first kappa shape index (κ1) is 13.8. The number of anilines is 1. The SMILES string of the molecule is Cc1cc([N+](=O)[O-])c(Cl)cc1N1CC(CN)CC1=O. The van der Waals surface area contributed by atoms with E-state index in [4.69, 9.17) is 17.3 Å². The molecular weight excluding hydrogens is 270 g/mol. The van der Waals surface area contributed by atoms with Gasteiger partial charge in [0.15, 0.2) is 0 Å². The summed E-state index contributed by atoms with van der Waals surface area (Å²) >= 11 is 5.89. The minimum atomic E-state index is -0.534. The lowest BCUT2D eigenvalue weighted by Crippen LogP contribution is -2.26. The molecule has 1 aromatic rings. The predicted octanol–water partition coefficient (Wildman–Crippen LogP) is 1.87. The van der Waals surface area contributed by atoms with Gasteiger partial charge in [0.05, 0.1) is 4.92 Å². The monoisotopic (exact) mass is 283 g/mol. The second-order valence-corrected chi connectivity index (χ2v) is 5.06. The Bertz CT molecular complexity index is 547. The maximum absolute atomic E-state index is 11.9. The van der Waals surface area contributed by atoms with Crippen LogP contribution in [0.1, 0.15) is 12.0 Å². The molecule has 1 saturated heterocycles. The highest BCUT2D eigenvalue weighted by atomic mass is 35.5. The quantitative estimate of drug-likeness (QED) is 0.677. The third kappa shape index (κ3) is 2.54. The van der Waals surface area contributed by atoms with Crippen LogP contribution in [-0.4, -0.2) is 23.9 Å². The minimum absolute atomic E-state index is 0.0246. The van der Waals surface area contributed by atoms with Crippen molar-refractivity contribution in [3.8, 4) is 0 Å². The van der Waals surface area contributed by atoms with Gasteiger partial charge in [0, 0.05) is 24.7 Å². The first-order valence-corrected chi connectivity index (χ1v) is 6.26. The van der Waals surface area contributed by atoms with Crippen molar-refractivity contribution in [1.82, 2.24) is 0 Å². The van der Waals surface area contributed by atoms with E-state index in [-0.39, 0.29) is 22.5 Å². The van der Waals surface area contributed by atoms with Gasteiger partial charge >= 0.3 is 0 Å². The standard InChI is InChI=1S/C12H14ClN3O3/c1-7-2-11(16(18)19)9(13)4-10(7)15-6-8(5-14)3-12(15)17/h2,4,8H,3,5-6,14H2,1H3. The van der Waals surface area contributed by atoms with Crippen molar-refractivity contribution in [3.05, 3.63) is 32.8 Å². The van der Waals surface area contributed by atoms with Gasteiger partial charge in [0.1, 0.15) is 5.02 Å².